The minimum absolute atomic E-state index is 0.0848. The average molecular weight is 495 g/mol. The van der Waals surface area contributed by atoms with E-state index in [1.165, 1.54) is 5.56 Å². The van der Waals surface area contributed by atoms with Crippen molar-refractivity contribution in [3.63, 3.8) is 0 Å². The van der Waals surface area contributed by atoms with Crippen molar-refractivity contribution < 1.29 is 4.79 Å². The molecule has 8 heteroatoms. The number of thiophene rings is 1. The number of amides is 1. The van der Waals surface area contributed by atoms with Crippen LogP contribution in [-0.2, 0) is 4.79 Å². The molecule has 0 N–H and O–H groups in total. The van der Waals surface area contributed by atoms with Gasteiger partial charge in [-0.05, 0) is 34.7 Å². The molecule has 1 unspecified atom stereocenters. The Bertz CT molecular complexity index is 1220. The standard InChI is InChI=1S/C25H23ClN4OS2/c26-20-8-6-19(7-9-20)23(18-4-2-1-3-5-18)33-16-22(31)29-11-13-30(14-12-29)24-21-10-15-32-25(21)28-17-27-24/h1-10,15,17,23H,11-14,16H2. The Labute approximate surface area is 206 Å². The smallest absolute Gasteiger partial charge is 0.232 e. The first-order chi connectivity index (χ1) is 16.2. The minimum atomic E-state index is 0.0848. The van der Waals surface area contributed by atoms with Crippen molar-refractivity contribution in [2.45, 2.75) is 5.25 Å². The van der Waals surface area contributed by atoms with E-state index in [0.717, 1.165) is 34.7 Å². The maximum absolute atomic E-state index is 13.1. The average Bonchev–Trinajstić information content (AvgIpc) is 3.35. The van der Waals surface area contributed by atoms with E-state index in [1.807, 2.05) is 52.7 Å². The van der Waals surface area contributed by atoms with Gasteiger partial charge in [0, 0.05) is 31.2 Å². The summed E-state index contributed by atoms with van der Waals surface area (Å²) in [5.41, 5.74) is 2.34. The summed E-state index contributed by atoms with van der Waals surface area (Å²) in [6.07, 6.45) is 1.63. The number of aromatic nitrogens is 2. The highest BCUT2D eigenvalue weighted by Gasteiger charge is 2.25. The van der Waals surface area contributed by atoms with Gasteiger partial charge in [-0.15, -0.1) is 23.1 Å². The fraction of sp³-hybridized carbons (Fsp3) is 0.240. The Morgan fingerprint density at radius 2 is 1.70 bits per heavy atom. The van der Waals surface area contributed by atoms with Crippen molar-refractivity contribution in [1.29, 1.82) is 0 Å². The number of anilines is 1. The lowest BCUT2D eigenvalue weighted by atomic mass is 10.0. The SMILES string of the molecule is O=C(CSC(c1ccccc1)c1ccc(Cl)cc1)N1CCN(c2ncnc3sccc23)CC1. The van der Waals surface area contributed by atoms with Crippen molar-refractivity contribution in [2.75, 3.05) is 36.8 Å². The predicted molar refractivity (Wildman–Crippen MR) is 138 cm³/mol. The van der Waals surface area contributed by atoms with E-state index in [0.29, 0.717) is 23.9 Å². The zero-order valence-electron chi connectivity index (χ0n) is 17.9. The van der Waals surface area contributed by atoms with Crippen molar-refractivity contribution in [2.24, 2.45) is 0 Å². The third-order valence-electron chi connectivity index (χ3n) is 5.82. The molecule has 0 spiro atoms. The summed E-state index contributed by atoms with van der Waals surface area (Å²) in [5, 5.41) is 3.94. The topological polar surface area (TPSA) is 49.3 Å². The molecular formula is C25H23ClN4OS2. The second-order valence-corrected chi connectivity index (χ2v) is 10.3. The van der Waals surface area contributed by atoms with Crippen molar-refractivity contribution in [3.8, 4) is 0 Å². The second kappa shape index (κ2) is 10.1. The summed E-state index contributed by atoms with van der Waals surface area (Å²) >= 11 is 9.39. The summed E-state index contributed by atoms with van der Waals surface area (Å²) in [6.45, 7) is 2.95. The number of piperazine rings is 1. The van der Waals surface area contributed by atoms with E-state index in [-0.39, 0.29) is 11.2 Å². The maximum Gasteiger partial charge on any atom is 0.232 e. The van der Waals surface area contributed by atoms with Crippen molar-refractivity contribution in [3.05, 3.63) is 88.5 Å². The number of rotatable bonds is 6. The molecule has 1 atom stereocenters. The first kappa shape index (κ1) is 22.2. The summed E-state index contributed by atoms with van der Waals surface area (Å²) in [5.74, 6) is 1.58. The van der Waals surface area contributed by atoms with Crippen LogP contribution in [0.5, 0.6) is 0 Å². The van der Waals surface area contributed by atoms with Crippen LogP contribution in [0.4, 0.5) is 5.82 Å². The quantitative estimate of drug-likeness (QED) is 0.353. The third-order valence-corrected chi connectivity index (χ3v) is 8.19. The van der Waals surface area contributed by atoms with Gasteiger partial charge in [0.1, 0.15) is 17.0 Å². The Morgan fingerprint density at radius 3 is 2.45 bits per heavy atom. The highest BCUT2D eigenvalue weighted by atomic mass is 35.5. The van der Waals surface area contributed by atoms with Crippen LogP contribution in [0.2, 0.25) is 5.02 Å². The fourth-order valence-electron chi connectivity index (χ4n) is 4.09. The Kier molecular flexibility index (Phi) is 6.80. The van der Waals surface area contributed by atoms with E-state index in [9.17, 15) is 4.79 Å². The lowest BCUT2D eigenvalue weighted by molar-refractivity contribution is -0.128. The molecule has 2 aromatic carbocycles. The normalized spacial score (nSPS) is 15.1. The molecule has 0 aliphatic carbocycles. The molecule has 4 aromatic rings. The Morgan fingerprint density at radius 1 is 0.970 bits per heavy atom. The van der Waals surface area contributed by atoms with Crippen LogP contribution >= 0.6 is 34.7 Å². The predicted octanol–water partition coefficient (Wildman–Crippen LogP) is 5.52. The lowest BCUT2D eigenvalue weighted by Gasteiger charge is -2.35. The summed E-state index contributed by atoms with van der Waals surface area (Å²) in [4.78, 5) is 27.2. The van der Waals surface area contributed by atoms with Gasteiger partial charge in [-0.1, -0.05) is 54.1 Å². The molecule has 1 fully saturated rings. The van der Waals surface area contributed by atoms with E-state index >= 15 is 0 Å². The van der Waals surface area contributed by atoms with E-state index in [4.69, 9.17) is 11.6 Å². The van der Waals surface area contributed by atoms with Crippen LogP contribution in [0.15, 0.2) is 72.4 Å². The second-order valence-electron chi connectivity index (χ2n) is 7.86. The molecule has 1 amide bonds. The van der Waals surface area contributed by atoms with Crippen LogP contribution in [0, 0.1) is 0 Å². The number of benzene rings is 2. The van der Waals surface area contributed by atoms with Gasteiger partial charge < -0.3 is 9.80 Å². The summed E-state index contributed by atoms with van der Waals surface area (Å²) in [7, 11) is 0. The molecule has 33 heavy (non-hydrogen) atoms. The Balaban J connectivity index is 1.23. The number of hydrogen-bond donors (Lipinski definition) is 0. The Hall–Kier alpha value is -2.61. The van der Waals surface area contributed by atoms with Crippen molar-refractivity contribution >= 4 is 56.6 Å². The molecule has 5 rings (SSSR count). The summed E-state index contributed by atoms with van der Waals surface area (Å²) < 4.78 is 0. The van der Waals surface area contributed by atoms with Gasteiger partial charge in [0.25, 0.3) is 0 Å². The molecule has 1 aliphatic heterocycles. The highest BCUT2D eigenvalue weighted by Crippen LogP contribution is 2.36. The number of fused-ring (bicyclic) bond motifs is 1. The monoisotopic (exact) mass is 494 g/mol. The van der Waals surface area contributed by atoms with Gasteiger partial charge in [0.2, 0.25) is 5.91 Å². The van der Waals surface area contributed by atoms with Crippen LogP contribution in [0.1, 0.15) is 16.4 Å². The maximum atomic E-state index is 13.1. The number of thioether (sulfide) groups is 1. The molecule has 168 valence electrons. The van der Waals surface area contributed by atoms with E-state index < -0.39 is 0 Å². The fourth-order valence-corrected chi connectivity index (χ4v) is 6.14. The molecule has 1 aliphatic rings. The van der Waals surface area contributed by atoms with Crippen LogP contribution < -0.4 is 4.90 Å². The van der Waals surface area contributed by atoms with Crippen molar-refractivity contribution in [1.82, 2.24) is 14.9 Å². The van der Waals surface area contributed by atoms with Gasteiger partial charge >= 0.3 is 0 Å². The van der Waals surface area contributed by atoms with Gasteiger partial charge in [0.15, 0.2) is 0 Å². The zero-order chi connectivity index (χ0) is 22.6. The van der Waals surface area contributed by atoms with E-state index in [1.54, 1.807) is 29.4 Å². The third kappa shape index (κ3) is 5.00. The summed E-state index contributed by atoms with van der Waals surface area (Å²) in [6, 6.07) is 20.3. The molecule has 2 aromatic heterocycles. The first-order valence-electron chi connectivity index (χ1n) is 10.8. The van der Waals surface area contributed by atoms with Gasteiger partial charge in [-0.2, -0.15) is 0 Å². The largest absolute Gasteiger partial charge is 0.352 e. The highest BCUT2D eigenvalue weighted by molar-refractivity contribution is 8.00. The number of hydrogen-bond acceptors (Lipinski definition) is 6. The molecule has 5 nitrogen and oxygen atoms in total. The molecular weight excluding hydrogens is 472 g/mol. The van der Waals surface area contributed by atoms with Crippen LogP contribution in [0.25, 0.3) is 10.2 Å². The minimum Gasteiger partial charge on any atom is -0.352 e. The molecule has 1 saturated heterocycles. The number of carbonyl (C=O) groups is 1. The van der Waals surface area contributed by atoms with Gasteiger partial charge in [-0.3, -0.25) is 4.79 Å². The molecule has 3 heterocycles. The number of nitrogens with zero attached hydrogens (tertiary/aromatic N) is 4. The van der Waals surface area contributed by atoms with E-state index in [2.05, 4.69) is 33.1 Å². The molecule has 0 saturated carbocycles. The van der Waals surface area contributed by atoms with Crippen LogP contribution in [0.3, 0.4) is 0 Å². The number of carbonyl (C=O) groups excluding carboxylic acids is 1. The first-order valence-corrected chi connectivity index (χ1v) is 13.1. The lowest BCUT2D eigenvalue weighted by Crippen LogP contribution is -2.49. The van der Waals surface area contributed by atoms with Gasteiger partial charge in [0.05, 0.1) is 16.4 Å². The van der Waals surface area contributed by atoms with Gasteiger partial charge in [-0.25, -0.2) is 9.97 Å². The number of halogens is 1. The zero-order valence-corrected chi connectivity index (χ0v) is 20.3. The molecule has 0 bridgehead atoms. The van der Waals surface area contributed by atoms with Crippen LogP contribution in [-0.4, -0.2) is 52.7 Å². The molecule has 0 radical (unpaired) electrons.